The second-order valence-electron chi connectivity index (χ2n) is 5.51. The predicted molar refractivity (Wildman–Crippen MR) is 107 cm³/mol. The third-order valence-corrected chi connectivity index (χ3v) is 3.92. The first-order valence-electron chi connectivity index (χ1n) is 8.24. The first kappa shape index (κ1) is 18.5. The number of hydrogen-bond acceptors (Lipinski definition) is 7. The zero-order valence-electron chi connectivity index (χ0n) is 14.6. The fourth-order valence-electron chi connectivity index (χ4n) is 2.37. The van der Waals surface area contributed by atoms with E-state index < -0.39 is 5.97 Å². The van der Waals surface area contributed by atoms with E-state index in [2.05, 4.69) is 20.6 Å². The maximum atomic E-state index is 12.1. The summed E-state index contributed by atoms with van der Waals surface area (Å²) in [6, 6.07) is 14.1. The summed E-state index contributed by atoms with van der Waals surface area (Å²) < 4.78 is 5.08. The van der Waals surface area contributed by atoms with Crippen LogP contribution in [0.2, 0.25) is 5.02 Å². The summed E-state index contributed by atoms with van der Waals surface area (Å²) in [5.41, 5.74) is 8.23. The largest absolute Gasteiger partial charge is 0.462 e. The molecule has 0 radical (unpaired) electrons. The Labute approximate surface area is 161 Å². The van der Waals surface area contributed by atoms with Gasteiger partial charge in [0.25, 0.3) is 0 Å². The van der Waals surface area contributed by atoms with E-state index in [1.54, 1.807) is 43.3 Å². The molecule has 0 aliphatic carbocycles. The SMILES string of the molecule is CCOC(=O)c1ccccc1Nc1ncnc(Nc2ccc(Cl)cc2)c1N. The zero-order chi connectivity index (χ0) is 19.2. The highest BCUT2D eigenvalue weighted by Gasteiger charge is 2.15. The Kier molecular flexibility index (Phi) is 5.73. The van der Waals surface area contributed by atoms with Crippen molar-refractivity contribution in [1.82, 2.24) is 9.97 Å². The van der Waals surface area contributed by atoms with E-state index in [-0.39, 0.29) is 6.61 Å². The Morgan fingerprint density at radius 1 is 1.07 bits per heavy atom. The van der Waals surface area contributed by atoms with E-state index >= 15 is 0 Å². The van der Waals surface area contributed by atoms with Gasteiger partial charge in [0.2, 0.25) is 0 Å². The Bertz CT molecular complexity index is 947. The normalized spacial score (nSPS) is 10.3. The highest BCUT2D eigenvalue weighted by atomic mass is 35.5. The Morgan fingerprint density at radius 3 is 2.44 bits per heavy atom. The minimum absolute atomic E-state index is 0.290. The summed E-state index contributed by atoms with van der Waals surface area (Å²) in [4.78, 5) is 20.5. The number of carbonyl (C=O) groups is 1. The number of benzene rings is 2. The van der Waals surface area contributed by atoms with Crippen LogP contribution < -0.4 is 16.4 Å². The molecule has 4 N–H and O–H groups in total. The number of anilines is 5. The lowest BCUT2D eigenvalue weighted by Crippen LogP contribution is -2.10. The molecule has 0 aliphatic heterocycles. The molecule has 0 saturated heterocycles. The molecule has 3 aromatic rings. The minimum Gasteiger partial charge on any atom is -0.462 e. The molecule has 0 amide bonds. The Hall–Kier alpha value is -3.32. The molecule has 27 heavy (non-hydrogen) atoms. The first-order chi connectivity index (χ1) is 13.1. The van der Waals surface area contributed by atoms with Gasteiger partial charge < -0.3 is 21.1 Å². The van der Waals surface area contributed by atoms with Gasteiger partial charge in [-0.1, -0.05) is 23.7 Å². The van der Waals surface area contributed by atoms with Gasteiger partial charge in [0, 0.05) is 10.7 Å². The average molecular weight is 384 g/mol. The van der Waals surface area contributed by atoms with E-state index in [4.69, 9.17) is 22.1 Å². The molecule has 0 aliphatic rings. The van der Waals surface area contributed by atoms with Gasteiger partial charge in [-0.05, 0) is 43.3 Å². The first-order valence-corrected chi connectivity index (χ1v) is 8.62. The van der Waals surface area contributed by atoms with Gasteiger partial charge in [-0.25, -0.2) is 14.8 Å². The number of nitrogen functional groups attached to an aromatic ring is 1. The van der Waals surface area contributed by atoms with Crippen molar-refractivity contribution in [3.63, 3.8) is 0 Å². The lowest BCUT2D eigenvalue weighted by molar-refractivity contribution is 0.0527. The molecule has 7 nitrogen and oxygen atoms in total. The topological polar surface area (TPSA) is 102 Å². The molecule has 3 rings (SSSR count). The van der Waals surface area contributed by atoms with Crippen molar-refractivity contribution < 1.29 is 9.53 Å². The van der Waals surface area contributed by atoms with E-state index in [9.17, 15) is 4.79 Å². The molecule has 0 atom stereocenters. The standard InChI is InChI=1S/C19H18ClN5O2/c1-2-27-19(26)14-5-3-4-6-15(14)25-18-16(21)17(22-11-23-18)24-13-9-7-12(20)8-10-13/h3-11H,2,21H2,1H3,(H2,22,23,24,25). The average Bonchev–Trinajstić information content (AvgIpc) is 2.67. The number of nitrogens with zero attached hydrogens (tertiary/aromatic N) is 2. The lowest BCUT2D eigenvalue weighted by atomic mass is 10.2. The highest BCUT2D eigenvalue weighted by molar-refractivity contribution is 6.30. The van der Waals surface area contributed by atoms with Crippen molar-refractivity contribution in [2.24, 2.45) is 0 Å². The van der Waals surface area contributed by atoms with E-state index in [1.807, 2.05) is 12.1 Å². The van der Waals surface area contributed by atoms with Crippen molar-refractivity contribution in [3.05, 3.63) is 65.4 Å². The molecule has 2 aromatic carbocycles. The van der Waals surface area contributed by atoms with Gasteiger partial charge in [-0.15, -0.1) is 0 Å². The van der Waals surface area contributed by atoms with E-state index in [1.165, 1.54) is 6.33 Å². The maximum absolute atomic E-state index is 12.1. The number of hydrogen-bond donors (Lipinski definition) is 3. The molecular formula is C19H18ClN5O2. The molecular weight excluding hydrogens is 366 g/mol. The summed E-state index contributed by atoms with van der Waals surface area (Å²) in [5.74, 6) is 0.384. The molecule has 0 spiro atoms. The van der Waals surface area contributed by atoms with Crippen LogP contribution in [0.1, 0.15) is 17.3 Å². The van der Waals surface area contributed by atoms with Crippen molar-refractivity contribution in [1.29, 1.82) is 0 Å². The fraction of sp³-hybridized carbons (Fsp3) is 0.105. The fourth-order valence-corrected chi connectivity index (χ4v) is 2.50. The van der Waals surface area contributed by atoms with Crippen molar-refractivity contribution in [2.45, 2.75) is 6.92 Å². The van der Waals surface area contributed by atoms with Crippen molar-refractivity contribution in [2.75, 3.05) is 23.0 Å². The smallest absolute Gasteiger partial charge is 0.340 e. The van der Waals surface area contributed by atoms with Crippen molar-refractivity contribution in [3.8, 4) is 0 Å². The second-order valence-corrected chi connectivity index (χ2v) is 5.94. The summed E-state index contributed by atoms with van der Waals surface area (Å²) in [6.45, 7) is 2.04. The van der Waals surface area contributed by atoms with Crippen LogP contribution in [0.4, 0.5) is 28.7 Å². The molecule has 1 heterocycles. The number of aromatic nitrogens is 2. The van der Waals surface area contributed by atoms with Gasteiger partial charge in [-0.2, -0.15) is 0 Å². The minimum atomic E-state index is -0.423. The van der Waals surface area contributed by atoms with Gasteiger partial charge in [0.15, 0.2) is 11.6 Å². The third kappa shape index (κ3) is 4.45. The molecule has 0 bridgehead atoms. The van der Waals surface area contributed by atoms with Gasteiger partial charge in [-0.3, -0.25) is 0 Å². The third-order valence-electron chi connectivity index (χ3n) is 3.67. The maximum Gasteiger partial charge on any atom is 0.340 e. The van der Waals surface area contributed by atoms with Gasteiger partial charge in [0.1, 0.15) is 12.0 Å². The number of para-hydroxylation sites is 1. The number of nitrogens with two attached hydrogens (primary N) is 1. The number of carbonyl (C=O) groups excluding carboxylic acids is 1. The number of nitrogens with one attached hydrogen (secondary N) is 2. The lowest BCUT2D eigenvalue weighted by Gasteiger charge is -2.14. The van der Waals surface area contributed by atoms with Crippen LogP contribution >= 0.6 is 11.6 Å². The van der Waals surface area contributed by atoms with Crippen LogP contribution in [0.25, 0.3) is 0 Å². The van der Waals surface area contributed by atoms with E-state index in [0.717, 1.165) is 5.69 Å². The summed E-state index contributed by atoms with van der Waals surface area (Å²) in [5, 5.41) is 6.83. The molecule has 8 heteroatoms. The Morgan fingerprint density at radius 2 is 1.74 bits per heavy atom. The van der Waals surface area contributed by atoms with Crippen LogP contribution in [0.15, 0.2) is 54.9 Å². The molecule has 0 saturated carbocycles. The van der Waals surface area contributed by atoms with Gasteiger partial charge in [0.05, 0.1) is 17.9 Å². The van der Waals surface area contributed by atoms with E-state index in [0.29, 0.717) is 33.6 Å². The number of halogens is 1. The Balaban J connectivity index is 1.87. The van der Waals surface area contributed by atoms with Crippen LogP contribution in [0.3, 0.4) is 0 Å². The highest BCUT2D eigenvalue weighted by Crippen LogP contribution is 2.29. The summed E-state index contributed by atoms with van der Waals surface area (Å²) in [7, 11) is 0. The number of ether oxygens (including phenoxy) is 1. The number of esters is 1. The molecule has 0 fully saturated rings. The predicted octanol–water partition coefficient (Wildman–Crippen LogP) is 4.38. The molecule has 0 unspecified atom stereocenters. The second kappa shape index (κ2) is 8.37. The summed E-state index contributed by atoms with van der Waals surface area (Å²) >= 11 is 5.90. The molecule has 138 valence electrons. The zero-order valence-corrected chi connectivity index (χ0v) is 15.3. The molecule has 1 aromatic heterocycles. The van der Waals surface area contributed by atoms with Crippen LogP contribution in [-0.4, -0.2) is 22.5 Å². The van der Waals surface area contributed by atoms with Crippen LogP contribution in [-0.2, 0) is 4.74 Å². The quantitative estimate of drug-likeness (QED) is 0.543. The monoisotopic (exact) mass is 383 g/mol. The summed E-state index contributed by atoms with van der Waals surface area (Å²) in [6.07, 6.45) is 1.38. The number of rotatable bonds is 6. The van der Waals surface area contributed by atoms with Crippen molar-refractivity contribution >= 4 is 46.3 Å². The van der Waals surface area contributed by atoms with Gasteiger partial charge >= 0.3 is 5.97 Å². The van der Waals surface area contributed by atoms with Crippen LogP contribution in [0.5, 0.6) is 0 Å². The van der Waals surface area contributed by atoms with Crippen LogP contribution in [0, 0.1) is 0 Å².